The minimum absolute atomic E-state index is 0.127. The number of nitrogens with zero attached hydrogens (tertiary/aromatic N) is 2. The molecule has 0 amide bonds. The second-order valence-electron chi connectivity index (χ2n) is 4.66. The highest BCUT2D eigenvalue weighted by atomic mass is 32.1. The van der Waals surface area contributed by atoms with E-state index >= 15 is 0 Å². The van der Waals surface area contributed by atoms with Crippen LogP contribution in [0.1, 0.15) is 41.4 Å². The molecule has 1 unspecified atom stereocenters. The topological polar surface area (TPSA) is 53.4 Å². The van der Waals surface area contributed by atoms with Gasteiger partial charge in [-0.3, -0.25) is 9.69 Å². The maximum Gasteiger partial charge on any atom is 0.317 e. The fourth-order valence-electron chi connectivity index (χ4n) is 2.23. The smallest absolute Gasteiger partial charge is 0.317 e. The summed E-state index contributed by atoms with van der Waals surface area (Å²) < 4.78 is 0. The summed E-state index contributed by atoms with van der Waals surface area (Å²) in [5.74, 6) is -0.748. The highest BCUT2D eigenvalue weighted by molar-refractivity contribution is 7.11. The van der Waals surface area contributed by atoms with Gasteiger partial charge in [-0.2, -0.15) is 0 Å². The first kappa shape index (κ1) is 12.5. The molecule has 0 spiro atoms. The van der Waals surface area contributed by atoms with Crippen LogP contribution in [0.3, 0.4) is 0 Å². The summed E-state index contributed by atoms with van der Waals surface area (Å²) >= 11 is 1.68. The summed E-state index contributed by atoms with van der Waals surface area (Å²) in [4.78, 5) is 18.6. The fourth-order valence-corrected chi connectivity index (χ4v) is 3.23. The Morgan fingerprint density at radius 3 is 2.65 bits per heavy atom. The van der Waals surface area contributed by atoms with Crippen molar-refractivity contribution < 1.29 is 9.90 Å². The molecule has 94 valence electrons. The molecule has 1 aliphatic rings. The zero-order valence-electron chi connectivity index (χ0n) is 10.4. The van der Waals surface area contributed by atoms with E-state index in [0.717, 1.165) is 23.5 Å². The number of aromatic nitrogens is 1. The molecule has 1 fully saturated rings. The van der Waals surface area contributed by atoms with Crippen molar-refractivity contribution in [3.63, 3.8) is 0 Å². The van der Waals surface area contributed by atoms with Crippen molar-refractivity contribution in [3.8, 4) is 0 Å². The molecule has 1 aromatic heterocycles. The van der Waals surface area contributed by atoms with Gasteiger partial charge in [0.2, 0.25) is 0 Å². The lowest BCUT2D eigenvalue weighted by molar-refractivity contribution is -0.139. The SMILES string of the molecule is Cc1nc(C)c(C(C)N(CC(=O)O)C2CC2)s1. The van der Waals surface area contributed by atoms with E-state index in [1.807, 2.05) is 13.8 Å². The number of carboxylic acids is 1. The molecule has 0 saturated heterocycles. The van der Waals surface area contributed by atoms with Crippen molar-refractivity contribution in [1.82, 2.24) is 9.88 Å². The normalized spacial score (nSPS) is 17.4. The average molecular weight is 254 g/mol. The van der Waals surface area contributed by atoms with Crippen LogP contribution in [0.2, 0.25) is 0 Å². The third kappa shape index (κ3) is 2.84. The Morgan fingerprint density at radius 1 is 1.59 bits per heavy atom. The van der Waals surface area contributed by atoms with Crippen molar-refractivity contribution in [1.29, 1.82) is 0 Å². The van der Waals surface area contributed by atoms with Crippen LogP contribution in [-0.4, -0.2) is 33.5 Å². The standard InChI is InChI=1S/C12H18N2O2S/c1-7-12(17-9(3)13-7)8(2)14(6-11(15)16)10-4-5-10/h8,10H,4-6H2,1-3H3,(H,15,16). The van der Waals surface area contributed by atoms with Crippen molar-refractivity contribution in [2.45, 2.75) is 45.7 Å². The lowest BCUT2D eigenvalue weighted by atomic mass is 10.2. The highest BCUT2D eigenvalue weighted by Gasteiger charge is 2.35. The molecule has 1 aromatic rings. The van der Waals surface area contributed by atoms with Gasteiger partial charge in [-0.15, -0.1) is 11.3 Å². The Morgan fingerprint density at radius 2 is 2.24 bits per heavy atom. The van der Waals surface area contributed by atoms with Crippen molar-refractivity contribution in [2.75, 3.05) is 6.54 Å². The molecular weight excluding hydrogens is 236 g/mol. The molecule has 0 radical (unpaired) electrons. The Bertz CT molecular complexity index is 426. The Labute approximate surface area is 105 Å². The summed E-state index contributed by atoms with van der Waals surface area (Å²) in [5.41, 5.74) is 1.04. The molecule has 4 nitrogen and oxygen atoms in total. The van der Waals surface area contributed by atoms with Gasteiger partial charge in [-0.05, 0) is 33.6 Å². The fraction of sp³-hybridized carbons (Fsp3) is 0.667. The van der Waals surface area contributed by atoms with Gasteiger partial charge >= 0.3 is 5.97 Å². The number of rotatable bonds is 5. The van der Waals surface area contributed by atoms with Gasteiger partial charge in [0.1, 0.15) is 0 Å². The second kappa shape index (κ2) is 4.74. The van der Waals surface area contributed by atoms with Gasteiger partial charge in [-0.1, -0.05) is 0 Å². The van der Waals surface area contributed by atoms with E-state index in [0.29, 0.717) is 6.04 Å². The summed E-state index contributed by atoms with van der Waals surface area (Å²) in [5, 5.41) is 10.0. The molecule has 1 N–H and O–H groups in total. The van der Waals surface area contributed by atoms with E-state index in [4.69, 9.17) is 5.11 Å². The molecule has 0 aliphatic heterocycles. The van der Waals surface area contributed by atoms with E-state index in [1.165, 1.54) is 4.88 Å². The number of carboxylic acid groups (broad SMARTS) is 1. The van der Waals surface area contributed by atoms with Crippen LogP contribution in [0.4, 0.5) is 0 Å². The van der Waals surface area contributed by atoms with Gasteiger partial charge in [0.25, 0.3) is 0 Å². The lowest BCUT2D eigenvalue weighted by Crippen LogP contribution is -2.34. The monoisotopic (exact) mass is 254 g/mol. The van der Waals surface area contributed by atoms with E-state index in [-0.39, 0.29) is 12.6 Å². The van der Waals surface area contributed by atoms with Gasteiger partial charge in [-0.25, -0.2) is 4.98 Å². The molecule has 1 saturated carbocycles. The number of carbonyl (C=O) groups is 1. The summed E-state index contributed by atoms with van der Waals surface area (Å²) in [6, 6.07) is 0.604. The molecule has 1 atom stereocenters. The van der Waals surface area contributed by atoms with Crippen LogP contribution >= 0.6 is 11.3 Å². The molecule has 5 heteroatoms. The van der Waals surface area contributed by atoms with Crippen LogP contribution in [-0.2, 0) is 4.79 Å². The van der Waals surface area contributed by atoms with E-state index < -0.39 is 5.97 Å². The van der Waals surface area contributed by atoms with E-state index in [1.54, 1.807) is 11.3 Å². The molecule has 1 aliphatic carbocycles. The first-order valence-corrected chi connectivity index (χ1v) is 6.72. The van der Waals surface area contributed by atoms with Crippen LogP contribution in [0, 0.1) is 13.8 Å². The minimum Gasteiger partial charge on any atom is -0.480 e. The number of hydrogen-bond acceptors (Lipinski definition) is 4. The quantitative estimate of drug-likeness (QED) is 0.876. The minimum atomic E-state index is -0.748. The molecule has 1 heterocycles. The van der Waals surface area contributed by atoms with Crippen LogP contribution in [0.15, 0.2) is 0 Å². The largest absolute Gasteiger partial charge is 0.480 e. The Balaban J connectivity index is 2.18. The zero-order valence-corrected chi connectivity index (χ0v) is 11.3. The second-order valence-corrected chi connectivity index (χ2v) is 5.89. The number of aryl methyl sites for hydroxylation is 2. The maximum absolute atomic E-state index is 10.9. The van der Waals surface area contributed by atoms with Gasteiger partial charge in [0.15, 0.2) is 0 Å². The van der Waals surface area contributed by atoms with Crippen molar-refractivity contribution in [3.05, 3.63) is 15.6 Å². The molecule has 0 aromatic carbocycles. The van der Waals surface area contributed by atoms with Gasteiger partial charge in [0, 0.05) is 17.0 Å². The van der Waals surface area contributed by atoms with E-state index in [9.17, 15) is 4.79 Å². The van der Waals surface area contributed by atoms with Gasteiger partial charge in [0.05, 0.1) is 17.2 Å². The predicted octanol–water partition coefficient (Wildman–Crippen LogP) is 2.37. The molecular formula is C12H18N2O2S. The third-order valence-electron chi connectivity index (χ3n) is 3.15. The Kier molecular flexibility index (Phi) is 3.49. The number of hydrogen-bond donors (Lipinski definition) is 1. The first-order valence-electron chi connectivity index (χ1n) is 5.90. The van der Waals surface area contributed by atoms with Crippen molar-refractivity contribution >= 4 is 17.3 Å². The predicted molar refractivity (Wildman–Crippen MR) is 67.4 cm³/mol. The van der Waals surface area contributed by atoms with E-state index in [2.05, 4.69) is 16.8 Å². The lowest BCUT2D eigenvalue weighted by Gasteiger charge is -2.26. The van der Waals surface area contributed by atoms with Gasteiger partial charge < -0.3 is 5.11 Å². The van der Waals surface area contributed by atoms with Crippen LogP contribution in [0.25, 0.3) is 0 Å². The maximum atomic E-state index is 10.9. The average Bonchev–Trinajstić information content (AvgIpc) is 3.00. The van der Waals surface area contributed by atoms with Crippen LogP contribution in [0.5, 0.6) is 0 Å². The Hall–Kier alpha value is -0.940. The van der Waals surface area contributed by atoms with Crippen molar-refractivity contribution in [2.24, 2.45) is 0 Å². The zero-order chi connectivity index (χ0) is 12.6. The number of thiazole rings is 1. The molecule has 17 heavy (non-hydrogen) atoms. The highest BCUT2D eigenvalue weighted by Crippen LogP contribution is 2.36. The molecule has 0 bridgehead atoms. The summed E-state index contributed by atoms with van der Waals surface area (Å²) in [7, 11) is 0. The van der Waals surface area contributed by atoms with Crippen LogP contribution < -0.4 is 0 Å². The third-order valence-corrected chi connectivity index (χ3v) is 4.39. The number of aliphatic carboxylic acids is 1. The summed E-state index contributed by atoms with van der Waals surface area (Å²) in [6.07, 6.45) is 2.24. The molecule has 2 rings (SSSR count). The first-order chi connectivity index (χ1) is 7.99. The summed E-state index contributed by atoms with van der Waals surface area (Å²) in [6.45, 7) is 6.21.